The SMILES string of the molecule is COc1ccc(-c2nc(C(C)C)c(C(C)(C)N)s2)cc1. The molecule has 0 amide bonds. The van der Waals surface area contributed by atoms with E-state index in [-0.39, 0.29) is 5.54 Å². The first-order valence-corrected chi connectivity index (χ1v) is 7.59. The Morgan fingerprint density at radius 1 is 1.20 bits per heavy atom. The van der Waals surface area contributed by atoms with E-state index in [2.05, 4.69) is 13.8 Å². The Hall–Kier alpha value is -1.39. The molecule has 2 N–H and O–H groups in total. The van der Waals surface area contributed by atoms with Gasteiger partial charge < -0.3 is 10.5 Å². The Labute approximate surface area is 124 Å². The summed E-state index contributed by atoms with van der Waals surface area (Å²) in [6.07, 6.45) is 0. The Balaban J connectivity index is 2.47. The third-order valence-corrected chi connectivity index (χ3v) is 4.58. The summed E-state index contributed by atoms with van der Waals surface area (Å²) in [5, 5.41) is 1.02. The summed E-state index contributed by atoms with van der Waals surface area (Å²) < 4.78 is 5.19. The Morgan fingerprint density at radius 3 is 2.20 bits per heavy atom. The summed E-state index contributed by atoms with van der Waals surface area (Å²) in [6.45, 7) is 8.37. The smallest absolute Gasteiger partial charge is 0.123 e. The maximum Gasteiger partial charge on any atom is 0.123 e. The van der Waals surface area contributed by atoms with Gasteiger partial charge in [0, 0.05) is 16.0 Å². The Bertz CT molecular complexity index is 580. The van der Waals surface area contributed by atoms with Gasteiger partial charge in [-0.1, -0.05) is 13.8 Å². The van der Waals surface area contributed by atoms with Crippen molar-refractivity contribution in [3.05, 3.63) is 34.8 Å². The second-order valence-corrected chi connectivity index (χ2v) is 6.84. The standard InChI is InChI=1S/C16H22N2OS/c1-10(2)13-14(16(3,4)17)20-15(18-13)11-6-8-12(19-5)9-7-11/h6-10H,17H2,1-5H3. The molecule has 2 aromatic rings. The maximum absolute atomic E-state index is 6.28. The van der Waals surface area contributed by atoms with Crippen LogP contribution in [0.15, 0.2) is 24.3 Å². The van der Waals surface area contributed by atoms with Crippen LogP contribution in [-0.4, -0.2) is 12.1 Å². The molecular formula is C16H22N2OS. The lowest BCUT2D eigenvalue weighted by Crippen LogP contribution is -2.28. The fourth-order valence-electron chi connectivity index (χ4n) is 2.04. The Morgan fingerprint density at radius 2 is 1.80 bits per heavy atom. The minimum absolute atomic E-state index is 0.359. The number of benzene rings is 1. The summed E-state index contributed by atoms with van der Waals surface area (Å²) >= 11 is 1.68. The van der Waals surface area contributed by atoms with Crippen LogP contribution in [0.3, 0.4) is 0 Å². The molecule has 4 heteroatoms. The average molecular weight is 290 g/mol. The highest BCUT2D eigenvalue weighted by molar-refractivity contribution is 7.15. The molecule has 0 atom stereocenters. The first-order chi connectivity index (χ1) is 9.32. The van der Waals surface area contributed by atoms with Crippen molar-refractivity contribution in [2.75, 3.05) is 7.11 Å². The Kier molecular flexibility index (Phi) is 4.16. The molecule has 3 nitrogen and oxygen atoms in total. The number of hydrogen-bond acceptors (Lipinski definition) is 4. The van der Waals surface area contributed by atoms with Gasteiger partial charge in [-0.2, -0.15) is 0 Å². The van der Waals surface area contributed by atoms with Gasteiger partial charge in [0.25, 0.3) is 0 Å². The van der Waals surface area contributed by atoms with Crippen molar-refractivity contribution >= 4 is 11.3 Å². The molecule has 20 heavy (non-hydrogen) atoms. The van der Waals surface area contributed by atoms with Crippen molar-refractivity contribution in [2.45, 2.75) is 39.2 Å². The number of aromatic nitrogens is 1. The monoisotopic (exact) mass is 290 g/mol. The normalized spacial score (nSPS) is 11.9. The highest BCUT2D eigenvalue weighted by atomic mass is 32.1. The van der Waals surface area contributed by atoms with Gasteiger partial charge in [-0.25, -0.2) is 4.98 Å². The fourth-order valence-corrected chi connectivity index (χ4v) is 3.28. The van der Waals surface area contributed by atoms with E-state index in [1.165, 1.54) is 4.88 Å². The predicted molar refractivity (Wildman–Crippen MR) is 85.4 cm³/mol. The van der Waals surface area contributed by atoms with Gasteiger partial charge >= 0.3 is 0 Å². The van der Waals surface area contributed by atoms with Gasteiger partial charge in [-0.05, 0) is 44.0 Å². The number of ether oxygens (including phenoxy) is 1. The quantitative estimate of drug-likeness (QED) is 0.920. The minimum atomic E-state index is -0.359. The second-order valence-electron chi connectivity index (χ2n) is 5.84. The van der Waals surface area contributed by atoms with E-state index in [4.69, 9.17) is 15.5 Å². The summed E-state index contributed by atoms with van der Waals surface area (Å²) in [4.78, 5) is 5.96. The van der Waals surface area contributed by atoms with Gasteiger partial charge in [0.05, 0.1) is 12.8 Å². The lowest BCUT2D eigenvalue weighted by Gasteiger charge is -2.19. The molecule has 0 bridgehead atoms. The van der Waals surface area contributed by atoms with Gasteiger partial charge in [0.1, 0.15) is 10.8 Å². The molecule has 0 radical (unpaired) electrons. The van der Waals surface area contributed by atoms with Crippen LogP contribution in [0.25, 0.3) is 10.6 Å². The highest BCUT2D eigenvalue weighted by Crippen LogP contribution is 2.37. The third kappa shape index (κ3) is 3.02. The largest absolute Gasteiger partial charge is 0.497 e. The van der Waals surface area contributed by atoms with E-state index in [0.717, 1.165) is 22.0 Å². The predicted octanol–water partition coefficient (Wildman–Crippen LogP) is 4.14. The van der Waals surface area contributed by atoms with Gasteiger partial charge in [0.15, 0.2) is 0 Å². The van der Waals surface area contributed by atoms with Crippen molar-refractivity contribution in [3.63, 3.8) is 0 Å². The topological polar surface area (TPSA) is 48.1 Å². The molecule has 0 saturated heterocycles. The molecule has 0 aliphatic heterocycles. The summed E-state index contributed by atoms with van der Waals surface area (Å²) in [5.41, 5.74) is 8.13. The molecule has 0 aliphatic rings. The summed E-state index contributed by atoms with van der Waals surface area (Å²) in [6, 6.07) is 7.99. The number of nitrogens with zero attached hydrogens (tertiary/aromatic N) is 1. The van der Waals surface area contributed by atoms with E-state index < -0.39 is 0 Å². The molecule has 1 heterocycles. The summed E-state index contributed by atoms with van der Waals surface area (Å²) in [7, 11) is 1.67. The van der Waals surface area contributed by atoms with Crippen LogP contribution in [0.4, 0.5) is 0 Å². The molecule has 0 fully saturated rings. The van der Waals surface area contributed by atoms with Crippen molar-refractivity contribution in [1.29, 1.82) is 0 Å². The lowest BCUT2D eigenvalue weighted by molar-refractivity contribution is 0.415. The zero-order chi connectivity index (χ0) is 14.9. The molecule has 1 aromatic heterocycles. The molecule has 0 saturated carbocycles. The lowest BCUT2D eigenvalue weighted by atomic mass is 9.98. The highest BCUT2D eigenvalue weighted by Gasteiger charge is 2.25. The fraction of sp³-hybridized carbons (Fsp3) is 0.438. The van der Waals surface area contributed by atoms with Crippen LogP contribution in [0.1, 0.15) is 44.2 Å². The van der Waals surface area contributed by atoms with Crippen LogP contribution in [0.2, 0.25) is 0 Å². The van der Waals surface area contributed by atoms with Crippen molar-refractivity contribution < 1.29 is 4.74 Å². The van der Waals surface area contributed by atoms with Gasteiger partial charge in [-0.15, -0.1) is 11.3 Å². The summed E-state index contributed by atoms with van der Waals surface area (Å²) in [5.74, 6) is 1.23. The second kappa shape index (κ2) is 5.54. The van der Waals surface area contributed by atoms with Gasteiger partial charge in [0.2, 0.25) is 0 Å². The van der Waals surface area contributed by atoms with E-state index in [9.17, 15) is 0 Å². The van der Waals surface area contributed by atoms with Crippen LogP contribution in [0.5, 0.6) is 5.75 Å². The van der Waals surface area contributed by atoms with Crippen LogP contribution < -0.4 is 10.5 Å². The third-order valence-electron chi connectivity index (χ3n) is 3.12. The molecule has 108 valence electrons. The zero-order valence-corrected chi connectivity index (χ0v) is 13.5. The van der Waals surface area contributed by atoms with Gasteiger partial charge in [-0.3, -0.25) is 0 Å². The molecule has 0 spiro atoms. The van der Waals surface area contributed by atoms with Crippen molar-refractivity contribution in [1.82, 2.24) is 4.98 Å². The minimum Gasteiger partial charge on any atom is -0.497 e. The molecule has 2 rings (SSSR count). The molecule has 0 aliphatic carbocycles. The molecule has 0 unspecified atom stereocenters. The van der Waals surface area contributed by atoms with E-state index in [1.807, 2.05) is 38.1 Å². The van der Waals surface area contributed by atoms with Crippen LogP contribution in [0, 0.1) is 0 Å². The first-order valence-electron chi connectivity index (χ1n) is 6.77. The number of thiazole rings is 1. The number of nitrogens with two attached hydrogens (primary N) is 1. The van der Waals surface area contributed by atoms with E-state index in [0.29, 0.717) is 5.92 Å². The first kappa shape index (κ1) is 15.0. The molecular weight excluding hydrogens is 268 g/mol. The number of hydrogen-bond donors (Lipinski definition) is 1. The maximum atomic E-state index is 6.28. The number of rotatable bonds is 4. The van der Waals surface area contributed by atoms with Crippen LogP contribution in [-0.2, 0) is 5.54 Å². The van der Waals surface area contributed by atoms with E-state index in [1.54, 1.807) is 18.4 Å². The van der Waals surface area contributed by atoms with Crippen molar-refractivity contribution in [3.8, 4) is 16.3 Å². The van der Waals surface area contributed by atoms with Crippen molar-refractivity contribution in [2.24, 2.45) is 5.73 Å². The average Bonchev–Trinajstić information content (AvgIpc) is 2.84. The molecule has 1 aromatic carbocycles. The van der Waals surface area contributed by atoms with Crippen LogP contribution >= 0.6 is 11.3 Å². The number of methoxy groups -OCH3 is 1. The van der Waals surface area contributed by atoms with E-state index >= 15 is 0 Å². The zero-order valence-electron chi connectivity index (χ0n) is 12.7.